The first-order valence-corrected chi connectivity index (χ1v) is 45.3. The topological polar surface area (TPSA) is 29.6 Å². The molecule has 0 saturated heterocycles. The number of fused-ring (bicyclic) bond motifs is 18. The molecule has 0 bridgehead atoms. The Balaban J connectivity index is 0.000000106. The first-order chi connectivity index (χ1) is 65.5. The number of aromatic nitrogens is 6. The zero-order valence-corrected chi connectivity index (χ0v) is 72.2. The van der Waals surface area contributed by atoms with Crippen LogP contribution in [0.1, 0.15) is 0 Å². The van der Waals surface area contributed by atoms with Crippen LogP contribution in [0.25, 0.3) is 232 Å². The quantitative estimate of drug-likeness (QED) is 0.117. The largest absolute Gasteiger partial charge is 0.309 e. The summed E-state index contributed by atoms with van der Waals surface area (Å²) in [4.78, 5) is 0. The van der Waals surface area contributed by atoms with Gasteiger partial charge in [0.25, 0.3) is 0 Å². The second kappa shape index (κ2) is 32.4. The van der Waals surface area contributed by atoms with Crippen LogP contribution in [0.15, 0.2) is 510 Å². The molecule has 0 fully saturated rings. The van der Waals surface area contributed by atoms with Gasteiger partial charge >= 0.3 is 0 Å². The Kier molecular flexibility index (Phi) is 18.8. The summed E-state index contributed by atoms with van der Waals surface area (Å²) in [7, 11) is 0. The highest BCUT2D eigenvalue weighted by Gasteiger charge is 2.24. The highest BCUT2D eigenvalue weighted by molar-refractivity contribution is 6.23. The average Bonchev–Trinajstić information content (AvgIpc) is 1.56. The van der Waals surface area contributed by atoms with E-state index >= 15 is 0 Å². The Morgan fingerprint density at radius 1 is 0.0833 bits per heavy atom. The molecule has 0 spiro atoms. The number of hydrogen-bond donors (Lipinski definition) is 0. The highest BCUT2D eigenvalue weighted by Crippen LogP contribution is 2.46. The van der Waals surface area contributed by atoms with E-state index < -0.39 is 0 Å². The second-order valence-electron chi connectivity index (χ2n) is 34.3. The van der Waals surface area contributed by atoms with Crippen LogP contribution in [0.2, 0.25) is 0 Å². The van der Waals surface area contributed by atoms with Gasteiger partial charge in [0, 0.05) is 98.8 Å². The lowest BCUT2D eigenvalue weighted by atomic mass is 10.00. The Hall–Kier alpha value is -17.6. The fourth-order valence-corrected chi connectivity index (χ4v) is 20.6. The molecule has 132 heavy (non-hydrogen) atoms. The van der Waals surface area contributed by atoms with Gasteiger partial charge in [0.1, 0.15) is 0 Å². The number of para-hydroxylation sites is 7. The molecule has 0 saturated carbocycles. The molecule has 0 aliphatic rings. The molecule has 618 valence electrons. The lowest BCUT2D eigenvalue weighted by molar-refractivity contribution is 1.16. The molecular formula is C126H84N6. The third-order valence-electron chi connectivity index (χ3n) is 26.7. The van der Waals surface area contributed by atoms with Crippen molar-refractivity contribution in [2.75, 3.05) is 0 Å². The average molecular weight is 1680 g/mol. The van der Waals surface area contributed by atoms with E-state index in [0.29, 0.717) is 0 Å². The Bertz CT molecular complexity index is 8920. The molecule has 6 heterocycles. The summed E-state index contributed by atoms with van der Waals surface area (Å²) < 4.78 is 14.5. The minimum absolute atomic E-state index is 1.16. The van der Waals surface area contributed by atoms with Gasteiger partial charge < -0.3 is 27.4 Å². The monoisotopic (exact) mass is 1680 g/mol. The first kappa shape index (κ1) is 76.8. The van der Waals surface area contributed by atoms with Gasteiger partial charge in [0.05, 0.1) is 66.2 Å². The molecule has 6 nitrogen and oxygen atoms in total. The summed E-state index contributed by atoms with van der Waals surface area (Å²) in [5.74, 6) is 0. The smallest absolute Gasteiger partial charge is 0.0562 e. The van der Waals surface area contributed by atoms with Crippen molar-refractivity contribution in [2.24, 2.45) is 0 Å². The van der Waals surface area contributed by atoms with E-state index in [4.69, 9.17) is 0 Å². The Morgan fingerprint density at radius 3 is 0.485 bits per heavy atom. The molecule has 6 aromatic heterocycles. The van der Waals surface area contributed by atoms with Gasteiger partial charge in [-0.25, -0.2) is 0 Å². The molecule has 6 heteroatoms. The molecule has 0 radical (unpaired) electrons. The van der Waals surface area contributed by atoms with Crippen LogP contribution in [0.4, 0.5) is 0 Å². The zero-order chi connectivity index (χ0) is 87.1. The number of nitrogens with zero attached hydrogens (tertiary/aromatic N) is 6. The second-order valence-corrected chi connectivity index (χ2v) is 34.3. The summed E-state index contributed by atoms with van der Waals surface area (Å²) in [5.41, 5.74) is 36.1. The van der Waals surface area contributed by atoms with Gasteiger partial charge in [-0.3, -0.25) is 0 Å². The molecule has 27 rings (SSSR count). The van der Waals surface area contributed by atoms with Crippen LogP contribution in [0.5, 0.6) is 0 Å². The van der Waals surface area contributed by atoms with Crippen molar-refractivity contribution in [2.45, 2.75) is 0 Å². The van der Waals surface area contributed by atoms with Crippen LogP contribution < -0.4 is 0 Å². The third-order valence-corrected chi connectivity index (χ3v) is 26.7. The Morgan fingerprint density at radius 2 is 0.242 bits per heavy atom. The van der Waals surface area contributed by atoms with Gasteiger partial charge in [0.2, 0.25) is 0 Å². The van der Waals surface area contributed by atoms with Gasteiger partial charge in [0.15, 0.2) is 0 Å². The van der Waals surface area contributed by atoms with E-state index in [1.165, 1.54) is 203 Å². The van der Waals surface area contributed by atoms with E-state index in [-0.39, 0.29) is 0 Å². The zero-order valence-electron chi connectivity index (χ0n) is 72.2. The maximum absolute atomic E-state index is 2.43. The van der Waals surface area contributed by atoms with Gasteiger partial charge in [-0.05, 0) is 212 Å². The maximum Gasteiger partial charge on any atom is 0.0562 e. The normalized spacial score (nSPS) is 11.6. The van der Waals surface area contributed by atoms with Crippen molar-refractivity contribution in [1.29, 1.82) is 0 Å². The van der Waals surface area contributed by atoms with Gasteiger partial charge in [-0.15, -0.1) is 0 Å². The van der Waals surface area contributed by atoms with Gasteiger partial charge in [-0.1, -0.05) is 364 Å². The molecule has 0 N–H and O–H groups in total. The lowest BCUT2D eigenvalue weighted by Gasteiger charge is -2.12. The molecule has 21 aromatic carbocycles. The minimum atomic E-state index is 1.16. The summed E-state index contributed by atoms with van der Waals surface area (Å²) in [6, 6.07) is 184. The van der Waals surface area contributed by atoms with E-state index in [1.54, 1.807) is 0 Å². The van der Waals surface area contributed by atoms with E-state index in [9.17, 15) is 0 Å². The number of hydrogen-bond acceptors (Lipinski definition) is 0. The van der Waals surface area contributed by atoms with E-state index in [1.807, 2.05) is 0 Å². The van der Waals surface area contributed by atoms with Crippen LogP contribution in [0, 0.1) is 0 Å². The first-order valence-electron chi connectivity index (χ1n) is 45.3. The predicted octanol–water partition coefficient (Wildman–Crippen LogP) is 33.6. The van der Waals surface area contributed by atoms with Crippen molar-refractivity contribution in [1.82, 2.24) is 27.4 Å². The van der Waals surface area contributed by atoms with Crippen molar-refractivity contribution in [3.63, 3.8) is 0 Å². The molecule has 27 aromatic rings. The molecule has 0 aliphatic heterocycles. The minimum Gasteiger partial charge on any atom is -0.309 e. The molecule has 0 amide bonds. The lowest BCUT2D eigenvalue weighted by Crippen LogP contribution is -1.96. The standard InChI is InChI=1S/3C42H28N2/c1-3-13-29(14-4-1)31-17-11-19-33(25-31)43-39-23-9-7-21-35(39)37-27-38-36-22-8-10-24-40(36)44(42(38)28-41(37)43)34-20-12-18-32(26-34)30-15-5-2-6-16-30;1-3-12-29(13-4-1)30-22-24-31(25-23-30)32-14-11-17-34(26-32)44-40-21-10-8-19-36(40)38-27-37-35-18-7-9-20-39(35)43(41(37)28-42(38)44)33-15-5-2-6-16-33;1-3-12-29(13-4-1)31-22-24-33(25-23-31)43-39-20-9-7-18-35(39)37-27-38-36-19-8-10-21-40(36)44(42(38)28-41(37)43)34-17-11-16-32(26-34)30-14-5-2-6-15-30/h3*1-28H. The highest BCUT2D eigenvalue weighted by atomic mass is 15.0. The van der Waals surface area contributed by atoms with Crippen LogP contribution in [-0.4, -0.2) is 27.4 Å². The van der Waals surface area contributed by atoms with Crippen LogP contribution in [0.3, 0.4) is 0 Å². The van der Waals surface area contributed by atoms with Crippen molar-refractivity contribution >= 4 is 131 Å². The summed E-state index contributed by atoms with van der Waals surface area (Å²) in [6.07, 6.45) is 0. The third kappa shape index (κ3) is 13.3. The summed E-state index contributed by atoms with van der Waals surface area (Å²) in [5, 5.41) is 15.2. The fourth-order valence-electron chi connectivity index (χ4n) is 20.6. The van der Waals surface area contributed by atoms with Crippen molar-refractivity contribution in [3.05, 3.63) is 510 Å². The number of benzene rings is 21. The van der Waals surface area contributed by atoms with Crippen molar-refractivity contribution in [3.8, 4) is 101 Å². The van der Waals surface area contributed by atoms with Crippen LogP contribution in [-0.2, 0) is 0 Å². The van der Waals surface area contributed by atoms with Crippen LogP contribution >= 0.6 is 0 Å². The summed E-state index contributed by atoms with van der Waals surface area (Å²) in [6.45, 7) is 0. The molecular weight excluding hydrogens is 1600 g/mol. The molecule has 0 aliphatic carbocycles. The molecule has 0 atom stereocenters. The molecule has 0 unspecified atom stereocenters. The summed E-state index contributed by atoms with van der Waals surface area (Å²) >= 11 is 0. The fraction of sp³-hybridized carbons (Fsp3) is 0. The van der Waals surface area contributed by atoms with Crippen molar-refractivity contribution < 1.29 is 0 Å². The predicted molar refractivity (Wildman–Crippen MR) is 558 cm³/mol. The van der Waals surface area contributed by atoms with Gasteiger partial charge in [-0.2, -0.15) is 0 Å². The SMILES string of the molecule is c1ccc(-c2ccc(-c3cccc(-n4c5ccccc5c5cc6c7ccccc7n(-c7ccccc7)c6cc54)c3)cc2)cc1.c1ccc(-c2ccc(-n3c4ccccc4c4cc5c6ccccc6n(-c6cccc(-c7ccccc7)c6)c5cc43)cc2)cc1.c1ccc(-c2cccc(-n3c4ccccc4c4cc5c6ccccc6n(-c6cccc(-c7ccccc7)c6)c5cc43)c2)cc1. The van der Waals surface area contributed by atoms with E-state index in [2.05, 4.69) is 537 Å². The maximum atomic E-state index is 2.43. The number of rotatable bonds is 12. The van der Waals surface area contributed by atoms with E-state index in [0.717, 1.165) is 28.4 Å². The Labute approximate surface area is 763 Å².